The number of pyridine rings is 1. The normalized spacial score (nSPS) is 15.7. The topological polar surface area (TPSA) is 101 Å². The van der Waals surface area contributed by atoms with Crippen LogP contribution in [0, 0.1) is 0 Å². The number of oxime groups is 1. The van der Waals surface area contributed by atoms with Crippen molar-refractivity contribution in [2.24, 2.45) is 5.16 Å². The first-order valence-corrected chi connectivity index (χ1v) is 10.8. The van der Waals surface area contributed by atoms with Gasteiger partial charge in [0.25, 0.3) is 0 Å². The van der Waals surface area contributed by atoms with E-state index in [0.717, 1.165) is 48.6 Å². The molecule has 4 aromatic rings. The highest BCUT2D eigenvalue weighted by Crippen LogP contribution is 2.29. The molecular weight excluding hydrogens is 414 g/mol. The van der Waals surface area contributed by atoms with Crippen molar-refractivity contribution in [3.63, 3.8) is 0 Å². The maximum atomic E-state index is 9.03. The Labute approximate surface area is 182 Å². The first-order valence-electron chi connectivity index (χ1n) is 9.98. The number of aromatic nitrogens is 5. The molecule has 0 aliphatic carbocycles. The molecule has 3 aromatic heterocycles. The van der Waals surface area contributed by atoms with Crippen LogP contribution in [0.5, 0.6) is 0 Å². The number of morpholine rings is 1. The number of fused-ring (bicyclic) bond motifs is 2. The Morgan fingerprint density at radius 2 is 2.03 bits per heavy atom. The second-order valence-electron chi connectivity index (χ2n) is 7.35. The van der Waals surface area contributed by atoms with E-state index in [4.69, 9.17) is 9.94 Å². The van der Waals surface area contributed by atoms with Gasteiger partial charge in [0.1, 0.15) is 11.4 Å². The molecule has 10 heteroatoms. The predicted octanol–water partition coefficient (Wildman–Crippen LogP) is 2.85. The van der Waals surface area contributed by atoms with E-state index in [-0.39, 0.29) is 0 Å². The van der Waals surface area contributed by atoms with Crippen molar-refractivity contribution in [3.05, 3.63) is 53.9 Å². The lowest BCUT2D eigenvalue weighted by Gasteiger charge is -2.26. The van der Waals surface area contributed by atoms with E-state index in [1.165, 1.54) is 17.3 Å². The second-order valence-corrected chi connectivity index (χ2v) is 8.39. The van der Waals surface area contributed by atoms with Gasteiger partial charge < -0.3 is 9.94 Å². The van der Waals surface area contributed by atoms with Gasteiger partial charge in [-0.1, -0.05) is 5.16 Å². The van der Waals surface area contributed by atoms with Crippen molar-refractivity contribution >= 4 is 34.0 Å². The fourth-order valence-corrected chi connectivity index (χ4v) is 4.34. The molecule has 0 amide bonds. The number of nitrogens with zero attached hydrogens (tertiary/aromatic N) is 7. The SMILES string of the molecule is CC(=NO)c1ccc2nnc(Sc3ccc4ncc(CN5CCOCC5)cc4c3)n2n1. The van der Waals surface area contributed by atoms with Crippen LogP contribution >= 0.6 is 11.8 Å². The van der Waals surface area contributed by atoms with Crippen molar-refractivity contribution in [3.8, 4) is 0 Å². The van der Waals surface area contributed by atoms with E-state index >= 15 is 0 Å². The summed E-state index contributed by atoms with van der Waals surface area (Å²) in [5.41, 5.74) is 3.77. The van der Waals surface area contributed by atoms with Gasteiger partial charge in [0.05, 0.1) is 18.7 Å². The molecule has 0 atom stereocenters. The van der Waals surface area contributed by atoms with Crippen LogP contribution in [-0.4, -0.2) is 66.9 Å². The molecule has 9 nitrogen and oxygen atoms in total. The van der Waals surface area contributed by atoms with Gasteiger partial charge in [-0.05, 0) is 60.6 Å². The highest BCUT2D eigenvalue weighted by atomic mass is 32.2. The van der Waals surface area contributed by atoms with Crippen molar-refractivity contribution in [1.82, 2.24) is 29.7 Å². The summed E-state index contributed by atoms with van der Waals surface area (Å²) >= 11 is 1.48. The van der Waals surface area contributed by atoms with E-state index in [1.807, 2.05) is 18.3 Å². The summed E-state index contributed by atoms with van der Waals surface area (Å²) in [5.74, 6) is 0. The quantitative estimate of drug-likeness (QED) is 0.290. The molecule has 0 radical (unpaired) electrons. The first kappa shape index (κ1) is 19.9. The van der Waals surface area contributed by atoms with E-state index in [2.05, 4.69) is 42.5 Å². The molecule has 1 aromatic carbocycles. The Kier molecular flexibility index (Phi) is 5.49. The number of hydrogen-bond acceptors (Lipinski definition) is 9. The predicted molar refractivity (Wildman–Crippen MR) is 117 cm³/mol. The summed E-state index contributed by atoms with van der Waals surface area (Å²) in [6.07, 6.45) is 1.95. The fourth-order valence-electron chi connectivity index (χ4n) is 3.51. The molecule has 0 unspecified atom stereocenters. The number of hydrogen-bond donors (Lipinski definition) is 1. The zero-order chi connectivity index (χ0) is 21.2. The Morgan fingerprint density at radius 3 is 2.87 bits per heavy atom. The minimum absolute atomic E-state index is 0.427. The van der Waals surface area contributed by atoms with Crippen LogP contribution in [-0.2, 0) is 11.3 Å². The third-order valence-corrected chi connectivity index (χ3v) is 6.11. The molecule has 158 valence electrons. The van der Waals surface area contributed by atoms with Crippen LogP contribution in [0.15, 0.2) is 57.8 Å². The van der Waals surface area contributed by atoms with Crippen molar-refractivity contribution in [2.75, 3.05) is 26.3 Å². The van der Waals surface area contributed by atoms with Crippen LogP contribution < -0.4 is 0 Å². The molecule has 31 heavy (non-hydrogen) atoms. The van der Waals surface area contributed by atoms with Gasteiger partial charge in [0, 0.05) is 36.1 Å². The third-order valence-electron chi connectivity index (χ3n) is 5.18. The van der Waals surface area contributed by atoms with Crippen LogP contribution in [0.2, 0.25) is 0 Å². The maximum absolute atomic E-state index is 9.03. The van der Waals surface area contributed by atoms with Gasteiger partial charge in [0.2, 0.25) is 5.16 Å². The van der Waals surface area contributed by atoms with Gasteiger partial charge in [-0.15, -0.1) is 10.2 Å². The molecule has 1 aliphatic heterocycles. The molecule has 1 N–H and O–H groups in total. The largest absolute Gasteiger partial charge is 0.411 e. The van der Waals surface area contributed by atoms with Crippen LogP contribution in [0.4, 0.5) is 0 Å². The Bertz CT molecular complexity index is 1270. The number of rotatable bonds is 5. The molecule has 4 heterocycles. The van der Waals surface area contributed by atoms with Gasteiger partial charge in [0.15, 0.2) is 5.65 Å². The first-order chi connectivity index (χ1) is 15.2. The van der Waals surface area contributed by atoms with Crippen molar-refractivity contribution in [1.29, 1.82) is 0 Å². The zero-order valence-corrected chi connectivity index (χ0v) is 17.8. The fraction of sp³-hybridized carbons (Fsp3) is 0.286. The third kappa shape index (κ3) is 4.22. The van der Waals surface area contributed by atoms with E-state index in [1.54, 1.807) is 23.6 Å². The van der Waals surface area contributed by atoms with Gasteiger partial charge in [-0.25, -0.2) is 0 Å². The molecule has 1 aliphatic rings. The van der Waals surface area contributed by atoms with Gasteiger partial charge in [-0.2, -0.15) is 9.61 Å². The van der Waals surface area contributed by atoms with E-state index < -0.39 is 0 Å². The molecule has 0 saturated carbocycles. The molecule has 5 rings (SSSR count). The van der Waals surface area contributed by atoms with Crippen molar-refractivity contribution in [2.45, 2.75) is 23.5 Å². The lowest BCUT2D eigenvalue weighted by Crippen LogP contribution is -2.35. The van der Waals surface area contributed by atoms with Crippen LogP contribution in [0.25, 0.3) is 16.6 Å². The van der Waals surface area contributed by atoms with Crippen LogP contribution in [0.1, 0.15) is 18.2 Å². The molecule has 1 fully saturated rings. The Hall–Kier alpha value is -3.08. The molecular formula is C21H21N7O2S. The maximum Gasteiger partial charge on any atom is 0.217 e. The average molecular weight is 436 g/mol. The molecule has 0 spiro atoms. The monoisotopic (exact) mass is 435 g/mol. The minimum atomic E-state index is 0.427. The Morgan fingerprint density at radius 1 is 1.16 bits per heavy atom. The smallest absolute Gasteiger partial charge is 0.217 e. The van der Waals surface area contributed by atoms with Gasteiger partial charge in [-0.3, -0.25) is 9.88 Å². The number of benzene rings is 1. The van der Waals surface area contributed by atoms with Crippen LogP contribution in [0.3, 0.4) is 0 Å². The number of ether oxygens (including phenoxy) is 1. The summed E-state index contributed by atoms with van der Waals surface area (Å²) in [7, 11) is 0. The summed E-state index contributed by atoms with van der Waals surface area (Å²) in [5, 5.41) is 26.9. The van der Waals surface area contributed by atoms with E-state index in [0.29, 0.717) is 22.2 Å². The van der Waals surface area contributed by atoms with Gasteiger partial charge >= 0.3 is 0 Å². The summed E-state index contributed by atoms with van der Waals surface area (Å²) < 4.78 is 7.09. The van der Waals surface area contributed by atoms with E-state index in [9.17, 15) is 0 Å². The molecule has 0 bridgehead atoms. The molecule has 1 saturated heterocycles. The summed E-state index contributed by atoms with van der Waals surface area (Å²) in [6, 6.07) is 11.9. The standard InChI is InChI=1S/C21H21N7O2S/c1-14(26-29)18-4-5-20-23-24-21(28(20)25-18)31-17-2-3-19-16(11-17)10-15(12-22-19)13-27-6-8-30-9-7-27/h2-5,10-12,29H,6-9,13H2,1H3. The lowest BCUT2D eigenvalue weighted by atomic mass is 10.1. The highest BCUT2D eigenvalue weighted by molar-refractivity contribution is 7.99. The Balaban J connectivity index is 1.42. The summed E-state index contributed by atoms with van der Waals surface area (Å²) in [6.45, 7) is 6.03. The van der Waals surface area contributed by atoms with Crippen molar-refractivity contribution < 1.29 is 9.94 Å². The minimum Gasteiger partial charge on any atom is -0.411 e. The summed E-state index contributed by atoms with van der Waals surface area (Å²) in [4.78, 5) is 8.03. The second kappa shape index (κ2) is 8.58. The zero-order valence-electron chi connectivity index (χ0n) is 17.0. The lowest BCUT2D eigenvalue weighted by molar-refractivity contribution is 0.0341. The highest BCUT2D eigenvalue weighted by Gasteiger charge is 2.13. The average Bonchev–Trinajstić information content (AvgIpc) is 3.21.